The smallest absolute Gasteiger partial charge is 0.355 e. The predicted octanol–water partition coefficient (Wildman–Crippen LogP) is 2.06. The predicted molar refractivity (Wildman–Crippen MR) is 63.3 cm³/mol. The summed E-state index contributed by atoms with van der Waals surface area (Å²) in [5.41, 5.74) is 2.11. The van der Waals surface area contributed by atoms with Crippen LogP contribution in [0.15, 0.2) is 12.3 Å². The van der Waals surface area contributed by atoms with Gasteiger partial charge in [0.25, 0.3) is 0 Å². The third-order valence-corrected chi connectivity index (χ3v) is 2.61. The summed E-state index contributed by atoms with van der Waals surface area (Å²) in [7, 11) is 1.56. The van der Waals surface area contributed by atoms with Crippen molar-refractivity contribution in [2.75, 3.05) is 13.7 Å². The topological polar surface area (TPSA) is 64.2 Å². The van der Waals surface area contributed by atoms with Gasteiger partial charge in [0.15, 0.2) is 0 Å². The largest absolute Gasteiger partial charge is 0.481 e. The highest BCUT2D eigenvalue weighted by atomic mass is 16.5. The van der Waals surface area contributed by atoms with Crippen LogP contribution in [0.3, 0.4) is 0 Å². The normalized spacial score (nSPS) is 10.5. The van der Waals surface area contributed by atoms with Gasteiger partial charge in [-0.15, -0.1) is 0 Å². The zero-order valence-electron chi connectivity index (χ0n) is 10.0. The number of esters is 1. The molecule has 0 fully saturated rings. The van der Waals surface area contributed by atoms with Gasteiger partial charge in [-0.1, -0.05) is 0 Å². The van der Waals surface area contributed by atoms with E-state index in [1.807, 2.05) is 6.92 Å². The van der Waals surface area contributed by atoms with Crippen molar-refractivity contribution >= 4 is 16.9 Å². The summed E-state index contributed by atoms with van der Waals surface area (Å²) in [6.45, 7) is 4.00. The molecule has 0 aliphatic carbocycles. The van der Waals surface area contributed by atoms with E-state index in [9.17, 15) is 4.79 Å². The lowest BCUT2D eigenvalue weighted by Gasteiger charge is -1.99. The van der Waals surface area contributed by atoms with Crippen molar-refractivity contribution in [3.05, 3.63) is 23.5 Å². The van der Waals surface area contributed by atoms with Crippen molar-refractivity contribution in [2.45, 2.75) is 13.8 Å². The molecule has 0 aliphatic rings. The van der Waals surface area contributed by atoms with Gasteiger partial charge in [0.05, 0.1) is 25.4 Å². The maximum absolute atomic E-state index is 11.7. The second-order valence-electron chi connectivity index (χ2n) is 3.62. The number of carbonyl (C=O) groups excluding carboxylic acids is 1. The van der Waals surface area contributed by atoms with Gasteiger partial charge < -0.3 is 14.5 Å². The molecule has 0 radical (unpaired) electrons. The molecule has 2 heterocycles. The molecule has 0 aliphatic heterocycles. The van der Waals surface area contributed by atoms with Crippen molar-refractivity contribution in [3.63, 3.8) is 0 Å². The van der Waals surface area contributed by atoms with Crippen molar-refractivity contribution in [1.29, 1.82) is 0 Å². The summed E-state index contributed by atoms with van der Waals surface area (Å²) >= 11 is 0. The minimum absolute atomic E-state index is 0.347. The molecule has 0 spiro atoms. The fraction of sp³-hybridized carbons (Fsp3) is 0.333. The third kappa shape index (κ3) is 1.95. The van der Waals surface area contributed by atoms with Gasteiger partial charge in [0, 0.05) is 11.5 Å². The zero-order chi connectivity index (χ0) is 12.4. The first-order chi connectivity index (χ1) is 8.17. The molecular weight excluding hydrogens is 220 g/mol. The lowest BCUT2D eigenvalue weighted by Crippen LogP contribution is -2.06. The number of H-pyrrole nitrogens is 1. The van der Waals surface area contributed by atoms with Gasteiger partial charge in [-0.2, -0.15) is 0 Å². The molecule has 0 unspecified atom stereocenters. The Hall–Kier alpha value is -2.04. The van der Waals surface area contributed by atoms with Crippen LogP contribution in [0.25, 0.3) is 10.9 Å². The maximum atomic E-state index is 11.7. The monoisotopic (exact) mass is 234 g/mol. The summed E-state index contributed by atoms with van der Waals surface area (Å²) in [6, 6.07) is 1.80. The second kappa shape index (κ2) is 4.45. The van der Waals surface area contributed by atoms with Crippen LogP contribution in [0.1, 0.15) is 23.0 Å². The van der Waals surface area contributed by atoms with E-state index in [0.717, 1.165) is 16.5 Å². The van der Waals surface area contributed by atoms with E-state index in [4.69, 9.17) is 9.47 Å². The molecule has 0 bridgehead atoms. The van der Waals surface area contributed by atoms with Crippen LogP contribution in [0, 0.1) is 6.92 Å². The highest BCUT2D eigenvalue weighted by molar-refractivity contribution is 5.98. The molecule has 2 aromatic rings. The molecule has 90 valence electrons. The number of aryl methyl sites for hydroxylation is 1. The highest BCUT2D eigenvalue weighted by Gasteiger charge is 2.16. The standard InChI is InChI=1S/C12H14N2O3/c1-4-17-12(15)11-7(2)8-5-10(16-3)13-6-9(8)14-11/h5-6,14H,4H2,1-3H3. The van der Waals surface area contributed by atoms with Gasteiger partial charge in [-0.05, 0) is 19.4 Å². The van der Waals surface area contributed by atoms with Gasteiger partial charge in [0.1, 0.15) is 5.69 Å². The Labute approximate surface area is 98.8 Å². The minimum atomic E-state index is -0.347. The summed E-state index contributed by atoms with van der Waals surface area (Å²) in [5, 5.41) is 0.917. The first-order valence-electron chi connectivity index (χ1n) is 5.36. The van der Waals surface area contributed by atoms with Gasteiger partial charge in [0.2, 0.25) is 5.88 Å². The molecular formula is C12H14N2O3. The van der Waals surface area contributed by atoms with Crippen LogP contribution >= 0.6 is 0 Å². The number of hydrogen-bond acceptors (Lipinski definition) is 4. The van der Waals surface area contributed by atoms with E-state index in [1.54, 1.807) is 26.3 Å². The molecule has 2 aromatic heterocycles. The SMILES string of the molecule is CCOC(=O)c1[nH]c2cnc(OC)cc2c1C. The number of ether oxygens (including phenoxy) is 2. The molecule has 0 saturated heterocycles. The number of hydrogen-bond donors (Lipinski definition) is 1. The summed E-state index contributed by atoms with van der Waals surface area (Å²) in [6.07, 6.45) is 1.64. The van der Waals surface area contributed by atoms with E-state index in [-0.39, 0.29) is 5.97 Å². The Bertz CT molecular complexity index is 560. The molecule has 0 atom stereocenters. The van der Waals surface area contributed by atoms with E-state index in [2.05, 4.69) is 9.97 Å². The average Bonchev–Trinajstić information content (AvgIpc) is 2.67. The number of nitrogens with one attached hydrogen (secondary N) is 1. The number of pyridine rings is 1. The first-order valence-corrected chi connectivity index (χ1v) is 5.36. The van der Waals surface area contributed by atoms with E-state index < -0.39 is 0 Å². The maximum Gasteiger partial charge on any atom is 0.355 e. The molecule has 5 heteroatoms. The van der Waals surface area contributed by atoms with Gasteiger partial charge in [-0.3, -0.25) is 0 Å². The summed E-state index contributed by atoms with van der Waals surface area (Å²) < 4.78 is 10.0. The van der Waals surface area contributed by atoms with Crippen LogP contribution in [-0.4, -0.2) is 29.7 Å². The number of nitrogens with zero attached hydrogens (tertiary/aromatic N) is 1. The molecule has 0 saturated carbocycles. The number of rotatable bonds is 3. The van der Waals surface area contributed by atoms with Crippen molar-refractivity contribution in [3.8, 4) is 5.88 Å². The zero-order valence-corrected chi connectivity index (χ0v) is 10.0. The second-order valence-corrected chi connectivity index (χ2v) is 3.62. The molecule has 17 heavy (non-hydrogen) atoms. The van der Waals surface area contributed by atoms with Crippen LogP contribution in [0.5, 0.6) is 5.88 Å². The third-order valence-electron chi connectivity index (χ3n) is 2.61. The lowest BCUT2D eigenvalue weighted by atomic mass is 10.2. The number of carbonyl (C=O) groups is 1. The lowest BCUT2D eigenvalue weighted by molar-refractivity contribution is 0.0520. The molecule has 5 nitrogen and oxygen atoms in total. The fourth-order valence-electron chi connectivity index (χ4n) is 1.73. The highest BCUT2D eigenvalue weighted by Crippen LogP contribution is 2.24. The summed E-state index contributed by atoms with van der Waals surface area (Å²) in [4.78, 5) is 18.8. The summed E-state index contributed by atoms with van der Waals surface area (Å²) in [5.74, 6) is 0.176. The number of methoxy groups -OCH3 is 1. The Morgan fingerprint density at radius 2 is 2.29 bits per heavy atom. The quantitative estimate of drug-likeness (QED) is 0.825. The van der Waals surface area contributed by atoms with E-state index >= 15 is 0 Å². The Balaban J connectivity index is 2.53. The van der Waals surface area contributed by atoms with Crippen molar-refractivity contribution in [2.24, 2.45) is 0 Å². The Kier molecular flexibility index (Phi) is 2.99. The van der Waals surface area contributed by atoms with Gasteiger partial charge >= 0.3 is 5.97 Å². The van der Waals surface area contributed by atoms with Gasteiger partial charge in [-0.25, -0.2) is 9.78 Å². The van der Waals surface area contributed by atoms with Crippen LogP contribution in [0.2, 0.25) is 0 Å². The van der Waals surface area contributed by atoms with Crippen LogP contribution in [0.4, 0.5) is 0 Å². The van der Waals surface area contributed by atoms with Crippen molar-refractivity contribution in [1.82, 2.24) is 9.97 Å². The Morgan fingerprint density at radius 3 is 2.94 bits per heavy atom. The fourth-order valence-corrected chi connectivity index (χ4v) is 1.73. The van der Waals surface area contributed by atoms with Crippen LogP contribution in [-0.2, 0) is 4.74 Å². The molecule has 2 rings (SSSR count). The number of aromatic nitrogens is 2. The van der Waals surface area contributed by atoms with E-state index in [0.29, 0.717) is 18.2 Å². The minimum Gasteiger partial charge on any atom is -0.481 e. The molecule has 1 N–H and O–H groups in total. The average molecular weight is 234 g/mol. The molecule has 0 aromatic carbocycles. The number of aromatic amines is 1. The Morgan fingerprint density at radius 1 is 1.53 bits per heavy atom. The van der Waals surface area contributed by atoms with E-state index in [1.165, 1.54) is 0 Å². The van der Waals surface area contributed by atoms with Crippen LogP contribution < -0.4 is 4.74 Å². The van der Waals surface area contributed by atoms with Crippen molar-refractivity contribution < 1.29 is 14.3 Å². The number of fused-ring (bicyclic) bond motifs is 1. The first kappa shape index (κ1) is 11.4. The molecule has 0 amide bonds.